The SMILES string of the molecule is COCCc1nc2cccnc2n1Cc1ccc(OC)cc1. The summed E-state index contributed by atoms with van der Waals surface area (Å²) >= 11 is 0. The maximum Gasteiger partial charge on any atom is 0.160 e. The fourth-order valence-electron chi connectivity index (χ4n) is 2.47. The van der Waals surface area contributed by atoms with Crippen LogP contribution in [-0.4, -0.2) is 35.4 Å². The molecule has 0 fully saturated rings. The fraction of sp³-hybridized carbons (Fsp3) is 0.294. The van der Waals surface area contributed by atoms with E-state index in [4.69, 9.17) is 9.47 Å². The molecule has 3 rings (SSSR count). The van der Waals surface area contributed by atoms with E-state index in [9.17, 15) is 0 Å². The van der Waals surface area contributed by atoms with Crippen molar-refractivity contribution in [2.24, 2.45) is 0 Å². The Labute approximate surface area is 129 Å². The van der Waals surface area contributed by atoms with Gasteiger partial charge in [-0.05, 0) is 29.8 Å². The summed E-state index contributed by atoms with van der Waals surface area (Å²) < 4.78 is 12.5. The number of hydrogen-bond donors (Lipinski definition) is 0. The highest BCUT2D eigenvalue weighted by molar-refractivity contribution is 5.71. The molecule has 0 saturated carbocycles. The van der Waals surface area contributed by atoms with Crippen LogP contribution in [0.5, 0.6) is 5.75 Å². The lowest BCUT2D eigenvalue weighted by Crippen LogP contribution is -2.08. The molecule has 1 aromatic carbocycles. The average Bonchev–Trinajstić information content (AvgIpc) is 2.91. The molecule has 5 nitrogen and oxygen atoms in total. The number of imidazole rings is 1. The monoisotopic (exact) mass is 297 g/mol. The fourth-order valence-corrected chi connectivity index (χ4v) is 2.47. The van der Waals surface area contributed by atoms with Crippen LogP contribution in [0.15, 0.2) is 42.6 Å². The van der Waals surface area contributed by atoms with E-state index in [1.807, 2.05) is 24.3 Å². The molecule has 0 bridgehead atoms. The molecule has 0 saturated heterocycles. The topological polar surface area (TPSA) is 49.2 Å². The van der Waals surface area contributed by atoms with Gasteiger partial charge in [-0.3, -0.25) is 0 Å². The highest BCUT2D eigenvalue weighted by Crippen LogP contribution is 2.18. The van der Waals surface area contributed by atoms with Gasteiger partial charge in [0.15, 0.2) is 5.65 Å². The van der Waals surface area contributed by atoms with E-state index in [2.05, 4.69) is 26.7 Å². The first kappa shape index (κ1) is 14.5. The summed E-state index contributed by atoms with van der Waals surface area (Å²) in [7, 11) is 3.37. The normalized spacial score (nSPS) is 11.0. The largest absolute Gasteiger partial charge is 0.497 e. The molecule has 0 atom stereocenters. The van der Waals surface area contributed by atoms with Crippen LogP contribution in [0.2, 0.25) is 0 Å². The van der Waals surface area contributed by atoms with Crippen LogP contribution in [0.3, 0.4) is 0 Å². The Balaban J connectivity index is 1.95. The van der Waals surface area contributed by atoms with Crippen molar-refractivity contribution in [3.8, 4) is 5.75 Å². The number of pyridine rings is 1. The molecule has 2 aromatic heterocycles. The quantitative estimate of drug-likeness (QED) is 0.702. The first-order valence-corrected chi connectivity index (χ1v) is 7.24. The highest BCUT2D eigenvalue weighted by Gasteiger charge is 2.11. The van der Waals surface area contributed by atoms with Gasteiger partial charge in [0.05, 0.1) is 20.3 Å². The van der Waals surface area contributed by atoms with Gasteiger partial charge in [-0.25, -0.2) is 9.97 Å². The summed E-state index contributed by atoms with van der Waals surface area (Å²) in [6, 6.07) is 12.0. The van der Waals surface area contributed by atoms with Crippen LogP contribution >= 0.6 is 0 Å². The molecular formula is C17H19N3O2. The number of nitrogens with zero attached hydrogens (tertiary/aromatic N) is 3. The maximum atomic E-state index is 5.20. The third-order valence-corrected chi connectivity index (χ3v) is 3.61. The molecular weight excluding hydrogens is 278 g/mol. The molecule has 0 aliphatic heterocycles. The Hall–Kier alpha value is -2.40. The zero-order valence-electron chi connectivity index (χ0n) is 12.8. The first-order chi connectivity index (χ1) is 10.8. The van der Waals surface area contributed by atoms with E-state index >= 15 is 0 Å². The minimum Gasteiger partial charge on any atom is -0.497 e. The first-order valence-electron chi connectivity index (χ1n) is 7.24. The van der Waals surface area contributed by atoms with Crippen molar-refractivity contribution in [1.29, 1.82) is 0 Å². The summed E-state index contributed by atoms with van der Waals surface area (Å²) in [5, 5.41) is 0. The van der Waals surface area contributed by atoms with E-state index in [-0.39, 0.29) is 0 Å². The minimum absolute atomic E-state index is 0.645. The van der Waals surface area contributed by atoms with Gasteiger partial charge in [0.25, 0.3) is 0 Å². The second-order valence-electron chi connectivity index (χ2n) is 5.05. The maximum absolute atomic E-state index is 5.20. The van der Waals surface area contributed by atoms with Crippen molar-refractivity contribution in [3.63, 3.8) is 0 Å². The predicted molar refractivity (Wildman–Crippen MR) is 85.2 cm³/mol. The summed E-state index contributed by atoms with van der Waals surface area (Å²) in [5.41, 5.74) is 3.01. The third-order valence-electron chi connectivity index (χ3n) is 3.61. The number of methoxy groups -OCH3 is 2. The molecule has 0 radical (unpaired) electrons. The molecule has 0 unspecified atom stereocenters. The van der Waals surface area contributed by atoms with Gasteiger partial charge in [0.1, 0.15) is 17.1 Å². The third kappa shape index (κ3) is 2.94. The minimum atomic E-state index is 0.645. The standard InChI is InChI=1S/C17H19N3O2/c1-21-11-9-16-19-15-4-3-10-18-17(15)20(16)12-13-5-7-14(22-2)8-6-13/h3-8,10H,9,11-12H2,1-2H3. The van der Waals surface area contributed by atoms with Gasteiger partial charge in [-0.2, -0.15) is 0 Å². The van der Waals surface area contributed by atoms with Crippen LogP contribution in [0.1, 0.15) is 11.4 Å². The number of ether oxygens (including phenoxy) is 2. The van der Waals surface area contributed by atoms with Gasteiger partial charge in [0, 0.05) is 19.7 Å². The molecule has 3 aromatic rings. The second kappa shape index (κ2) is 6.58. The predicted octanol–water partition coefficient (Wildman–Crippen LogP) is 2.68. The lowest BCUT2D eigenvalue weighted by molar-refractivity contribution is 0.200. The molecule has 22 heavy (non-hydrogen) atoms. The van der Waals surface area contributed by atoms with Crippen LogP contribution in [-0.2, 0) is 17.7 Å². The second-order valence-corrected chi connectivity index (χ2v) is 5.05. The zero-order valence-corrected chi connectivity index (χ0v) is 12.8. The zero-order chi connectivity index (χ0) is 15.4. The number of aromatic nitrogens is 3. The molecule has 0 spiro atoms. The van der Waals surface area contributed by atoms with Gasteiger partial charge < -0.3 is 14.0 Å². The number of fused-ring (bicyclic) bond motifs is 1. The smallest absolute Gasteiger partial charge is 0.160 e. The number of hydrogen-bond acceptors (Lipinski definition) is 4. The molecule has 114 valence electrons. The van der Waals surface area contributed by atoms with Crippen LogP contribution < -0.4 is 4.74 Å². The van der Waals surface area contributed by atoms with Crippen molar-refractivity contribution in [2.45, 2.75) is 13.0 Å². The molecule has 2 heterocycles. The highest BCUT2D eigenvalue weighted by atomic mass is 16.5. The number of benzene rings is 1. The van der Waals surface area contributed by atoms with Crippen molar-refractivity contribution in [1.82, 2.24) is 14.5 Å². The molecule has 0 aliphatic carbocycles. The Kier molecular flexibility index (Phi) is 4.34. The molecule has 0 amide bonds. The van der Waals surface area contributed by atoms with Crippen LogP contribution in [0.4, 0.5) is 0 Å². The lowest BCUT2D eigenvalue weighted by atomic mass is 10.2. The summed E-state index contributed by atoms with van der Waals surface area (Å²) in [5.74, 6) is 1.85. The summed E-state index contributed by atoms with van der Waals surface area (Å²) in [6.45, 7) is 1.38. The van der Waals surface area contributed by atoms with E-state index in [0.29, 0.717) is 6.61 Å². The molecule has 5 heteroatoms. The van der Waals surface area contributed by atoms with Crippen molar-refractivity contribution < 1.29 is 9.47 Å². The van der Waals surface area contributed by atoms with Crippen molar-refractivity contribution >= 4 is 11.2 Å². The Morgan fingerprint density at radius 2 is 1.91 bits per heavy atom. The van der Waals surface area contributed by atoms with Gasteiger partial charge >= 0.3 is 0 Å². The van der Waals surface area contributed by atoms with E-state index in [1.54, 1.807) is 20.4 Å². The summed E-state index contributed by atoms with van der Waals surface area (Å²) in [4.78, 5) is 9.15. The molecule has 0 N–H and O–H groups in total. The Morgan fingerprint density at radius 1 is 1.09 bits per heavy atom. The summed E-state index contributed by atoms with van der Waals surface area (Å²) in [6.07, 6.45) is 2.57. The van der Waals surface area contributed by atoms with E-state index < -0.39 is 0 Å². The van der Waals surface area contributed by atoms with Crippen molar-refractivity contribution in [2.75, 3.05) is 20.8 Å². The van der Waals surface area contributed by atoms with Gasteiger partial charge in [-0.1, -0.05) is 12.1 Å². The van der Waals surface area contributed by atoms with Gasteiger partial charge in [-0.15, -0.1) is 0 Å². The van der Waals surface area contributed by atoms with Crippen LogP contribution in [0, 0.1) is 0 Å². The number of rotatable bonds is 6. The van der Waals surface area contributed by atoms with E-state index in [1.165, 1.54) is 5.56 Å². The lowest BCUT2D eigenvalue weighted by Gasteiger charge is -2.09. The van der Waals surface area contributed by atoms with Crippen LogP contribution in [0.25, 0.3) is 11.2 Å². The Morgan fingerprint density at radius 3 is 2.64 bits per heavy atom. The van der Waals surface area contributed by atoms with E-state index in [0.717, 1.165) is 35.7 Å². The van der Waals surface area contributed by atoms with Gasteiger partial charge in [0.2, 0.25) is 0 Å². The van der Waals surface area contributed by atoms with Crippen molar-refractivity contribution in [3.05, 3.63) is 54.0 Å². The molecule has 0 aliphatic rings. The average molecular weight is 297 g/mol. The Bertz CT molecular complexity index is 750.